The highest BCUT2D eigenvalue weighted by atomic mass is 15.0. The van der Waals surface area contributed by atoms with Crippen molar-refractivity contribution in [2.24, 2.45) is 11.8 Å². The summed E-state index contributed by atoms with van der Waals surface area (Å²) in [5, 5.41) is 3.29. The smallest absolute Gasteiger partial charge is 0.149 e. The minimum absolute atomic E-state index is 0.402. The van der Waals surface area contributed by atoms with Gasteiger partial charge in [0.1, 0.15) is 11.6 Å². The molecule has 0 bridgehead atoms. The summed E-state index contributed by atoms with van der Waals surface area (Å²) in [4.78, 5) is 4.17. The van der Waals surface area contributed by atoms with Crippen LogP contribution in [0.4, 0.5) is 17.3 Å². The van der Waals surface area contributed by atoms with Crippen LogP contribution in [0.15, 0.2) is 12.1 Å². The van der Waals surface area contributed by atoms with Gasteiger partial charge in [0.25, 0.3) is 0 Å². The van der Waals surface area contributed by atoms with Crippen molar-refractivity contribution in [3.63, 3.8) is 0 Å². The summed E-state index contributed by atoms with van der Waals surface area (Å²) in [6, 6.07) is 3.65. The van der Waals surface area contributed by atoms with Gasteiger partial charge in [0.15, 0.2) is 0 Å². The number of rotatable bonds is 4. The summed E-state index contributed by atoms with van der Waals surface area (Å²) in [7, 11) is 0. The molecule has 1 heterocycles. The predicted molar refractivity (Wildman–Crippen MR) is 63.4 cm³/mol. The molecule has 0 amide bonds. The molecule has 1 saturated carbocycles. The normalized spacial score (nSPS) is 17.4. The van der Waals surface area contributed by atoms with E-state index in [1.807, 2.05) is 6.07 Å². The van der Waals surface area contributed by atoms with Gasteiger partial charge in [0, 0.05) is 6.54 Å². The van der Waals surface area contributed by atoms with E-state index >= 15 is 0 Å². The van der Waals surface area contributed by atoms with Gasteiger partial charge >= 0.3 is 0 Å². The fraction of sp³-hybridized carbons (Fsp3) is 0.545. The topological polar surface area (TPSA) is 77.0 Å². The Morgan fingerprint density at radius 3 is 2.80 bits per heavy atom. The monoisotopic (exact) mass is 206 g/mol. The van der Waals surface area contributed by atoms with E-state index in [2.05, 4.69) is 17.2 Å². The standard InChI is InChI=1S/C11H18N4/c1-7(8-2-3-8)6-14-10-5-4-9(12)11(13)15-10/h4-5,7-8H,2-3,6,12H2,1H3,(H3,13,14,15). The molecular formula is C11H18N4. The molecule has 1 atom stereocenters. The van der Waals surface area contributed by atoms with Crippen molar-refractivity contribution in [1.82, 2.24) is 4.98 Å². The van der Waals surface area contributed by atoms with Gasteiger partial charge in [0.05, 0.1) is 5.69 Å². The molecule has 4 nitrogen and oxygen atoms in total. The second-order valence-electron chi connectivity index (χ2n) is 4.37. The zero-order chi connectivity index (χ0) is 10.8. The lowest BCUT2D eigenvalue weighted by atomic mass is 10.1. The Labute approximate surface area is 90.1 Å². The van der Waals surface area contributed by atoms with Crippen LogP contribution in [0.2, 0.25) is 0 Å². The molecule has 0 aromatic carbocycles. The molecule has 1 aliphatic carbocycles. The van der Waals surface area contributed by atoms with Crippen molar-refractivity contribution in [3.8, 4) is 0 Å². The molecule has 5 N–H and O–H groups in total. The highest BCUT2D eigenvalue weighted by Gasteiger charge is 2.27. The van der Waals surface area contributed by atoms with Crippen molar-refractivity contribution >= 4 is 17.3 Å². The van der Waals surface area contributed by atoms with Crippen LogP contribution in [0.5, 0.6) is 0 Å². The van der Waals surface area contributed by atoms with E-state index in [0.29, 0.717) is 17.4 Å². The molecule has 1 unspecified atom stereocenters. The fourth-order valence-corrected chi connectivity index (χ4v) is 1.68. The van der Waals surface area contributed by atoms with E-state index in [1.165, 1.54) is 12.8 Å². The van der Waals surface area contributed by atoms with Gasteiger partial charge < -0.3 is 16.8 Å². The first-order chi connectivity index (χ1) is 7.16. The van der Waals surface area contributed by atoms with Crippen LogP contribution >= 0.6 is 0 Å². The van der Waals surface area contributed by atoms with Crippen molar-refractivity contribution in [1.29, 1.82) is 0 Å². The Morgan fingerprint density at radius 2 is 2.20 bits per heavy atom. The Kier molecular flexibility index (Phi) is 2.66. The third-order valence-corrected chi connectivity index (χ3v) is 2.99. The Hall–Kier alpha value is -1.45. The number of hydrogen-bond donors (Lipinski definition) is 3. The maximum Gasteiger partial charge on any atom is 0.149 e. The summed E-state index contributed by atoms with van der Waals surface area (Å²) in [6.45, 7) is 3.23. The number of nitrogen functional groups attached to an aromatic ring is 2. The molecule has 0 radical (unpaired) electrons. The molecule has 1 aromatic heterocycles. The third kappa shape index (κ3) is 2.52. The second-order valence-corrected chi connectivity index (χ2v) is 4.37. The van der Waals surface area contributed by atoms with Crippen LogP contribution in [0.1, 0.15) is 19.8 Å². The number of pyridine rings is 1. The number of aromatic nitrogens is 1. The summed E-state index contributed by atoms with van der Waals surface area (Å²) in [6.07, 6.45) is 2.75. The molecule has 1 aliphatic rings. The molecule has 15 heavy (non-hydrogen) atoms. The first-order valence-corrected chi connectivity index (χ1v) is 5.42. The molecule has 1 aromatic rings. The van der Waals surface area contributed by atoms with Crippen LogP contribution < -0.4 is 16.8 Å². The quantitative estimate of drug-likeness (QED) is 0.700. The molecule has 1 fully saturated rings. The number of nitrogens with zero attached hydrogens (tertiary/aromatic N) is 1. The van der Waals surface area contributed by atoms with Crippen LogP contribution in [-0.2, 0) is 0 Å². The highest BCUT2D eigenvalue weighted by Crippen LogP contribution is 2.36. The van der Waals surface area contributed by atoms with E-state index in [1.54, 1.807) is 6.07 Å². The van der Waals surface area contributed by atoms with Crippen molar-refractivity contribution in [3.05, 3.63) is 12.1 Å². The number of hydrogen-bond acceptors (Lipinski definition) is 4. The van der Waals surface area contributed by atoms with Crippen LogP contribution in [-0.4, -0.2) is 11.5 Å². The fourth-order valence-electron chi connectivity index (χ4n) is 1.68. The summed E-state index contributed by atoms with van der Waals surface area (Å²) in [5.41, 5.74) is 11.7. The lowest BCUT2D eigenvalue weighted by Crippen LogP contribution is -2.14. The van der Waals surface area contributed by atoms with Gasteiger partial charge in [-0.15, -0.1) is 0 Å². The number of nitrogens with one attached hydrogen (secondary N) is 1. The molecule has 4 heteroatoms. The molecule has 0 spiro atoms. The molecule has 0 aliphatic heterocycles. The first-order valence-electron chi connectivity index (χ1n) is 5.42. The van der Waals surface area contributed by atoms with E-state index in [-0.39, 0.29) is 0 Å². The van der Waals surface area contributed by atoms with Crippen LogP contribution in [0, 0.1) is 11.8 Å². The summed E-state index contributed by atoms with van der Waals surface area (Å²) in [5.74, 6) is 2.84. The van der Waals surface area contributed by atoms with Gasteiger partial charge in [-0.2, -0.15) is 0 Å². The van der Waals surface area contributed by atoms with E-state index in [0.717, 1.165) is 18.3 Å². The van der Waals surface area contributed by atoms with E-state index < -0.39 is 0 Å². The van der Waals surface area contributed by atoms with E-state index in [9.17, 15) is 0 Å². The average Bonchev–Trinajstić information content (AvgIpc) is 3.03. The largest absolute Gasteiger partial charge is 0.396 e. The Balaban J connectivity index is 1.89. The van der Waals surface area contributed by atoms with Crippen LogP contribution in [0.3, 0.4) is 0 Å². The number of anilines is 3. The third-order valence-electron chi connectivity index (χ3n) is 2.99. The maximum absolute atomic E-state index is 5.62. The Bertz CT molecular complexity index is 346. The van der Waals surface area contributed by atoms with Gasteiger partial charge in [-0.1, -0.05) is 6.92 Å². The summed E-state index contributed by atoms with van der Waals surface area (Å²) < 4.78 is 0. The predicted octanol–water partition coefficient (Wildman–Crippen LogP) is 1.70. The lowest BCUT2D eigenvalue weighted by molar-refractivity contribution is 0.536. The van der Waals surface area contributed by atoms with Crippen LogP contribution in [0.25, 0.3) is 0 Å². The molecular weight excluding hydrogens is 188 g/mol. The molecule has 82 valence electrons. The van der Waals surface area contributed by atoms with E-state index in [4.69, 9.17) is 11.5 Å². The highest BCUT2D eigenvalue weighted by molar-refractivity contribution is 5.61. The lowest BCUT2D eigenvalue weighted by Gasteiger charge is -2.12. The SMILES string of the molecule is CC(CNc1ccc(N)c(N)n1)C1CC1. The van der Waals surface area contributed by atoms with Gasteiger partial charge in [-0.25, -0.2) is 4.98 Å². The summed E-state index contributed by atoms with van der Waals surface area (Å²) >= 11 is 0. The van der Waals surface area contributed by atoms with Gasteiger partial charge in [-0.05, 0) is 36.8 Å². The minimum atomic E-state index is 0.402. The van der Waals surface area contributed by atoms with Crippen molar-refractivity contribution in [2.45, 2.75) is 19.8 Å². The minimum Gasteiger partial charge on any atom is -0.396 e. The zero-order valence-corrected chi connectivity index (χ0v) is 9.03. The average molecular weight is 206 g/mol. The number of nitrogens with two attached hydrogens (primary N) is 2. The van der Waals surface area contributed by atoms with Crippen molar-refractivity contribution < 1.29 is 0 Å². The van der Waals surface area contributed by atoms with Gasteiger partial charge in [-0.3, -0.25) is 0 Å². The second kappa shape index (κ2) is 3.96. The first kappa shape index (κ1) is 10.1. The zero-order valence-electron chi connectivity index (χ0n) is 9.03. The Morgan fingerprint density at radius 1 is 1.47 bits per heavy atom. The van der Waals surface area contributed by atoms with Gasteiger partial charge in [0.2, 0.25) is 0 Å². The molecule has 0 saturated heterocycles. The molecule has 2 rings (SSSR count). The van der Waals surface area contributed by atoms with Crippen molar-refractivity contribution in [2.75, 3.05) is 23.3 Å². The maximum atomic E-state index is 5.62.